The van der Waals surface area contributed by atoms with Crippen LogP contribution in [0.4, 0.5) is 5.82 Å². The fourth-order valence-electron chi connectivity index (χ4n) is 1.67. The van der Waals surface area contributed by atoms with Crippen LogP contribution in [0.25, 0.3) is 5.52 Å². The van der Waals surface area contributed by atoms with E-state index in [2.05, 4.69) is 75.8 Å². The number of rotatable bonds is 3. The Kier molecular flexibility index (Phi) is 4.54. The van der Waals surface area contributed by atoms with Crippen LogP contribution in [0.3, 0.4) is 0 Å². The minimum Gasteiger partial charge on any atom is -0.412 e. The Bertz CT molecular complexity index is 679. The van der Waals surface area contributed by atoms with Gasteiger partial charge in [-0.15, -0.1) is 0 Å². The highest BCUT2D eigenvalue weighted by Gasteiger charge is 2.37. The average Bonchev–Trinajstić information content (AvgIpc) is 2.59. The van der Waals surface area contributed by atoms with Gasteiger partial charge in [-0.25, -0.2) is 9.50 Å². The standard InChI is InChI=1S/C13H20Br2N4OSi/c1-13(2,3)21(4,5)20-6-8-9(14)10-12(16)17-7-18-19(10)11(8)15/h7H,6H2,1-5H3,(H2,16,17,18). The summed E-state index contributed by atoms with van der Waals surface area (Å²) in [6, 6.07) is 0. The molecule has 0 bridgehead atoms. The van der Waals surface area contributed by atoms with Crippen molar-refractivity contribution in [3.8, 4) is 0 Å². The van der Waals surface area contributed by atoms with Gasteiger partial charge >= 0.3 is 0 Å². The van der Waals surface area contributed by atoms with Gasteiger partial charge in [0, 0.05) is 5.56 Å². The molecule has 116 valence electrons. The van der Waals surface area contributed by atoms with E-state index in [0.717, 1.165) is 20.2 Å². The summed E-state index contributed by atoms with van der Waals surface area (Å²) in [7, 11) is -1.81. The Morgan fingerprint density at radius 3 is 2.48 bits per heavy atom. The number of aromatic nitrogens is 3. The van der Waals surface area contributed by atoms with Crippen LogP contribution in [0.2, 0.25) is 18.1 Å². The molecule has 0 saturated carbocycles. The largest absolute Gasteiger partial charge is 0.412 e. The summed E-state index contributed by atoms with van der Waals surface area (Å²) in [6.45, 7) is 11.7. The third-order valence-electron chi connectivity index (χ3n) is 4.11. The zero-order valence-corrected chi connectivity index (χ0v) is 17.0. The van der Waals surface area contributed by atoms with E-state index >= 15 is 0 Å². The van der Waals surface area contributed by atoms with Crippen LogP contribution in [0.1, 0.15) is 26.3 Å². The highest BCUT2D eigenvalue weighted by atomic mass is 79.9. The Balaban J connectivity index is 2.39. The van der Waals surface area contributed by atoms with Crippen molar-refractivity contribution in [1.29, 1.82) is 0 Å². The van der Waals surface area contributed by atoms with Crippen molar-refractivity contribution >= 4 is 51.5 Å². The Labute approximate surface area is 142 Å². The van der Waals surface area contributed by atoms with Gasteiger partial charge < -0.3 is 10.2 Å². The molecule has 5 nitrogen and oxygen atoms in total. The molecule has 2 rings (SSSR count). The first-order chi connectivity index (χ1) is 9.56. The van der Waals surface area contributed by atoms with Crippen molar-refractivity contribution in [2.75, 3.05) is 5.73 Å². The summed E-state index contributed by atoms with van der Waals surface area (Å²) in [4.78, 5) is 4.03. The van der Waals surface area contributed by atoms with Gasteiger partial charge in [0.1, 0.15) is 16.4 Å². The number of nitrogens with zero attached hydrogens (tertiary/aromatic N) is 3. The van der Waals surface area contributed by atoms with Gasteiger partial charge in [-0.1, -0.05) is 20.8 Å². The first kappa shape index (κ1) is 16.9. The Morgan fingerprint density at radius 1 is 1.33 bits per heavy atom. The third-order valence-corrected chi connectivity index (χ3v) is 10.3. The molecule has 2 aromatic rings. The number of nitrogen functional groups attached to an aromatic ring is 1. The van der Waals surface area contributed by atoms with Crippen LogP contribution in [-0.4, -0.2) is 22.9 Å². The summed E-state index contributed by atoms with van der Waals surface area (Å²) >= 11 is 7.17. The van der Waals surface area contributed by atoms with E-state index in [9.17, 15) is 0 Å². The number of anilines is 1. The average molecular weight is 436 g/mol. The predicted molar refractivity (Wildman–Crippen MR) is 94.8 cm³/mol. The Hall–Kier alpha value is -0.443. The second-order valence-electron chi connectivity index (χ2n) is 6.54. The molecule has 2 aromatic heterocycles. The Morgan fingerprint density at radius 2 is 1.95 bits per heavy atom. The van der Waals surface area contributed by atoms with Crippen LogP contribution in [0, 0.1) is 0 Å². The van der Waals surface area contributed by atoms with Crippen molar-refractivity contribution in [2.45, 2.75) is 45.5 Å². The predicted octanol–water partition coefficient (Wildman–Crippen LogP) is 4.36. The van der Waals surface area contributed by atoms with E-state index in [1.54, 1.807) is 4.52 Å². The molecule has 0 saturated heterocycles. The lowest BCUT2D eigenvalue weighted by Crippen LogP contribution is -2.40. The molecule has 0 aliphatic carbocycles. The maximum absolute atomic E-state index is 6.29. The molecular weight excluding hydrogens is 416 g/mol. The molecule has 0 spiro atoms. The number of nitrogens with two attached hydrogens (primary N) is 1. The van der Waals surface area contributed by atoms with E-state index in [1.807, 2.05) is 0 Å². The SMILES string of the molecule is CC(C)(C)[Si](C)(C)OCc1c(Br)c2c(N)ncnn2c1Br. The topological polar surface area (TPSA) is 65.4 Å². The summed E-state index contributed by atoms with van der Waals surface area (Å²) in [5.74, 6) is 0.441. The molecule has 0 atom stereocenters. The van der Waals surface area contributed by atoms with Gasteiger partial charge in [-0.2, -0.15) is 5.10 Å². The molecule has 0 aromatic carbocycles. The highest BCUT2D eigenvalue weighted by molar-refractivity contribution is 9.11. The molecule has 2 N–H and O–H groups in total. The highest BCUT2D eigenvalue weighted by Crippen LogP contribution is 2.39. The first-order valence-electron chi connectivity index (χ1n) is 6.65. The van der Waals surface area contributed by atoms with Crippen molar-refractivity contribution < 1.29 is 4.43 Å². The number of hydrogen-bond acceptors (Lipinski definition) is 4. The smallest absolute Gasteiger partial charge is 0.192 e. The summed E-state index contributed by atoms with van der Waals surface area (Å²) in [5.41, 5.74) is 7.70. The van der Waals surface area contributed by atoms with Gasteiger partial charge in [0.25, 0.3) is 0 Å². The lowest BCUT2D eigenvalue weighted by Gasteiger charge is -2.36. The lowest BCUT2D eigenvalue weighted by molar-refractivity contribution is 0.275. The molecule has 0 aliphatic heterocycles. The molecular formula is C13H20Br2N4OSi. The van der Waals surface area contributed by atoms with Crippen LogP contribution < -0.4 is 5.73 Å². The molecule has 8 heteroatoms. The second kappa shape index (κ2) is 5.64. The molecule has 2 heterocycles. The minimum absolute atomic E-state index is 0.171. The van der Waals surface area contributed by atoms with Crippen molar-refractivity contribution in [1.82, 2.24) is 14.6 Å². The van der Waals surface area contributed by atoms with Crippen LogP contribution in [0.15, 0.2) is 15.4 Å². The van der Waals surface area contributed by atoms with Gasteiger partial charge in [0.05, 0.1) is 11.1 Å². The molecule has 0 unspecified atom stereocenters. The summed E-state index contributed by atoms with van der Waals surface area (Å²) < 4.78 is 9.75. The molecule has 0 radical (unpaired) electrons. The molecule has 0 aliphatic rings. The van der Waals surface area contributed by atoms with Crippen LogP contribution in [0.5, 0.6) is 0 Å². The summed E-state index contributed by atoms with van der Waals surface area (Å²) in [5, 5.41) is 4.39. The maximum atomic E-state index is 6.29. The first-order valence-corrected chi connectivity index (χ1v) is 11.1. The molecule has 0 fully saturated rings. The van der Waals surface area contributed by atoms with E-state index in [4.69, 9.17) is 10.2 Å². The fraction of sp³-hybridized carbons (Fsp3) is 0.538. The zero-order chi connectivity index (χ0) is 16.0. The van der Waals surface area contributed by atoms with E-state index in [1.165, 1.54) is 6.33 Å². The van der Waals surface area contributed by atoms with Gasteiger partial charge in [0.2, 0.25) is 0 Å². The van der Waals surface area contributed by atoms with E-state index < -0.39 is 8.32 Å². The van der Waals surface area contributed by atoms with Gasteiger partial charge in [-0.3, -0.25) is 0 Å². The molecule has 21 heavy (non-hydrogen) atoms. The number of fused-ring (bicyclic) bond motifs is 1. The number of halogens is 2. The van der Waals surface area contributed by atoms with E-state index in [0.29, 0.717) is 12.4 Å². The van der Waals surface area contributed by atoms with Crippen LogP contribution >= 0.6 is 31.9 Å². The third kappa shape index (κ3) is 3.04. The zero-order valence-electron chi connectivity index (χ0n) is 12.9. The molecule has 0 amide bonds. The normalized spacial score (nSPS) is 13.1. The van der Waals surface area contributed by atoms with Gasteiger partial charge in [-0.05, 0) is 50.0 Å². The van der Waals surface area contributed by atoms with Crippen molar-refractivity contribution in [3.63, 3.8) is 0 Å². The quantitative estimate of drug-likeness (QED) is 0.727. The summed E-state index contributed by atoms with van der Waals surface area (Å²) in [6.07, 6.45) is 1.44. The van der Waals surface area contributed by atoms with Crippen molar-refractivity contribution in [2.24, 2.45) is 0 Å². The lowest BCUT2D eigenvalue weighted by atomic mass is 10.2. The van der Waals surface area contributed by atoms with Gasteiger partial charge in [0.15, 0.2) is 14.1 Å². The second-order valence-corrected chi connectivity index (χ2v) is 12.9. The minimum atomic E-state index is -1.81. The fourth-order valence-corrected chi connectivity index (χ4v) is 4.13. The number of hydrogen-bond donors (Lipinski definition) is 1. The van der Waals surface area contributed by atoms with Crippen LogP contribution in [-0.2, 0) is 11.0 Å². The van der Waals surface area contributed by atoms with E-state index in [-0.39, 0.29) is 5.04 Å². The monoisotopic (exact) mass is 434 g/mol. The van der Waals surface area contributed by atoms with Crippen molar-refractivity contribution in [3.05, 3.63) is 21.0 Å². The maximum Gasteiger partial charge on any atom is 0.192 e.